The van der Waals surface area contributed by atoms with Gasteiger partial charge in [-0.25, -0.2) is 0 Å². The minimum absolute atomic E-state index is 0.387. The Balaban J connectivity index is 1.97. The third kappa shape index (κ3) is 0.501. The van der Waals surface area contributed by atoms with Gasteiger partial charge < -0.3 is 10.5 Å². The zero-order valence-electron chi connectivity index (χ0n) is 4.84. The Morgan fingerprint density at radius 3 is 2.88 bits per heavy atom. The summed E-state index contributed by atoms with van der Waals surface area (Å²) in [7, 11) is 0. The van der Waals surface area contributed by atoms with Crippen LogP contribution in [0.5, 0.6) is 0 Å². The monoisotopic (exact) mass is 113 g/mol. The van der Waals surface area contributed by atoms with Gasteiger partial charge >= 0.3 is 0 Å². The second-order valence-electron chi connectivity index (χ2n) is 2.72. The summed E-state index contributed by atoms with van der Waals surface area (Å²) in [6.45, 7) is 0.939. The molecule has 1 aliphatic heterocycles. The minimum atomic E-state index is 0.387. The van der Waals surface area contributed by atoms with Crippen molar-refractivity contribution in [2.24, 2.45) is 11.7 Å². The van der Waals surface area contributed by atoms with Crippen LogP contribution in [0.25, 0.3) is 0 Å². The molecule has 0 bridgehead atoms. The Kier molecular flexibility index (Phi) is 0.866. The fourth-order valence-electron chi connectivity index (χ4n) is 1.50. The van der Waals surface area contributed by atoms with E-state index in [-0.39, 0.29) is 0 Å². The summed E-state index contributed by atoms with van der Waals surface area (Å²) in [5.41, 5.74) is 5.65. The molecule has 1 aliphatic carbocycles. The average Bonchev–Trinajstić information content (AvgIpc) is 2.46. The fraction of sp³-hybridized carbons (Fsp3) is 1.00. The predicted molar refractivity (Wildman–Crippen MR) is 30.4 cm³/mol. The topological polar surface area (TPSA) is 35.2 Å². The van der Waals surface area contributed by atoms with Crippen LogP contribution in [0.2, 0.25) is 0 Å². The van der Waals surface area contributed by atoms with Crippen molar-refractivity contribution >= 4 is 0 Å². The standard InChI is InChI=1S/C6H11NO/c7-5-4-2-1-3-8-6(4)5/h4-6H,1-3,7H2/t4-,5+,6-/m1/s1. The van der Waals surface area contributed by atoms with Gasteiger partial charge in [0.05, 0.1) is 6.10 Å². The highest BCUT2D eigenvalue weighted by Crippen LogP contribution is 2.39. The maximum Gasteiger partial charge on any atom is 0.0773 e. The summed E-state index contributed by atoms with van der Waals surface area (Å²) in [5, 5.41) is 0. The van der Waals surface area contributed by atoms with Crippen molar-refractivity contribution in [3.63, 3.8) is 0 Å². The largest absolute Gasteiger partial charge is 0.376 e. The molecule has 8 heavy (non-hydrogen) atoms. The Bertz CT molecular complexity index is 92.7. The molecular formula is C6H11NO. The first kappa shape index (κ1) is 4.77. The number of ether oxygens (including phenoxy) is 1. The van der Waals surface area contributed by atoms with Gasteiger partial charge in [-0.15, -0.1) is 0 Å². The number of hydrogen-bond acceptors (Lipinski definition) is 2. The molecule has 2 N–H and O–H groups in total. The van der Waals surface area contributed by atoms with E-state index in [1.54, 1.807) is 0 Å². The lowest BCUT2D eigenvalue weighted by Crippen LogP contribution is -2.08. The average molecular weight is 113 g/mol. The highest BCUT2D eigenvalue weighted by molar-refractivity contribution is 5.04. The van der Waals surface area contributed by atoms with Crippen molar-refractivity contribution in [2.75, 3.05) is 6.61 Å². The molecule has 46 valence electrons. The van der Waals surface area contributed by atoms with Crippen molar-refractivity contribution in [1.82, 2.24) is 0 Å². The molecule has 0 aromatic heterocycles. The van der Waals surface area contributed by atoms with Crippen molar-refractivity contribution in [1.29, 1.82) is 0 Å². The summed E-state index contributed by atoms with van der Waals surface area (Å²) >= 11 is 0. The predicted octanol–water partition coefficient (Wildman–Crippen LogP) is 0.122. The molecule has 1 saturated heterocycles. The van der Waals surface area contributed by atoms with Gasteiger partial charge in [0.1, 0.15) is 0 Å². The smallest absolute Gasteiger partial charge is 0.0773 e. The minimum Gasteiger partial charge on any atom is -0.376 e. The molecule has 2 fully saturated rings. The first-order valence-electron chi connectivity index (χ1n) is 3.27. The fourth-order valence-corrected chi connectivity index (χ4v) is 1.50. The van der Waals surface area contributed by atoms with Crippen molar-refractivity contribution < 1.29 is 4.74 Å². The lowest BCUT2D eigenvalue weighted by atomic mass is 10.2. The summed E-state index contributed by atoms with van der Waals surface area (Å²) in [6.07, 6.45) is 2.96. The summed E-state index contributed by atoms with van der Waals surface area (Å²) in [5.74, 6) is 0.726. The molecule has 2 aliphatic rings. The first-order valence-corrected chi connectivity index (χ1v) is 3.27. The number of fused-ring (bicyclic) bond motifs is 1. The molecule has 0 unspecified atom stereocenters. The Morgan fingerprint density at radius 1 is 1.50 bits per heavy atom. The van der Waals surface area contributed by atoms with Crippen LogP contribution in [-0.4, -0.2) is 18.8 Å². The van der Waals surface area contributed by atoms with Crippen LogP contribution in [0.1, 0.15) is 12.8 Å². The molecule has 0 aromatic carbocycles. The normalized spacial score (nSPS) is 52.9. The van der Waals surface area contributed by atoms with E-state index in [1.165, 1.54) is 12.8 Å². The molecule has 0 radical (unpaired) electrons. The van der Waals surface area contributed by atoms with Gasteiger partial charge in [-0.05, 0) is 12.8 Å². The summed E-state index contributed by atoms with van der Waals surface area (Å²) in [4.78, 5) is 0. The van der Waals surface area contributed by atoms with Crippen LogP contribution < -0.4 is 5.73 Å². The number of hydrogen-bond donors (Lipinski definition) is 1. The van der Waals surface area contributed by atoms with Crippen LogP contribution in [-0.2, 0) is 4.74 Å². The van der Waals surface area contributed by atoms with Crippen LogP contribution in [0.4, 0.5) is 0 Å². The van der Waals surface area contributed by atoms with E-state index in [0.29, 0.717) is 12.1 Å². The SMILES string of the molecule is N[C@H]1[C@H]2CCCO[C@@H]12. The molecule has 0 spiro atoms. The quantitative estimate of drug-likeness (QED) is 0.484. The molecule has 2 rings (SSSR count). The highest BCUT2D eigenvalue weighted by Gasteiger charge is 2.49. The zero-order valence-corrected chi connectivity index (χ0v) is 4.84. The van der Waals surface area contributed by atoms with Crippen molar-refractivity contribution in [2.45, 2.75) is 25.0 Å². The van der Waals surface area contributed by atoms with Gasteiger partial charge in [-0.2, -0.15) is 0 Å². The van der Waals surface area contributed by atoms with Crippen LogP contribution in [0.15, 0.2) is 0 Å². The van der Waals surface area contributed by atoms with Crippen LogP contribution >= 0.6 is 0 Å². The molecule has 2 heteroatoms. The number of rotatable bonds is 0. The second kappa shape index (κ2) is 1.45. The van der Waals surface area contributed by atoms with E-state index in [4.69, 9.17) is 10.5 Å². The van der Waals surface area contributed by atoms with Gasteiger partial charge in [0.2, 0.25) is 0 Å². The van der Waals surface area contributed by atoms with E-state index in [0.717, 1.165) is 12.5 Å². The molecule has 2 nitrogen and oxygen atoms in total. The third-order valence-electron chi connectivity index (χ3n) is 2.15. The molecule has 1 saturated carbocycles. The molecule has 0 amide bonds. The second-order valence-corrected chi connectivity index (χ2v) is 2.72. The van der Waals surface area contributed by atoms with Gasteiger partial charge in [-0.3, -0.25) is 0 Å². The van der Waals surface area contributed by atoms with E-state index >= 15 is 0 Å². The van der Waals surface area contributed by atoms with Crippen LogP contribution in [0.3, 0.4) is 0 Å². The summed E-state index contributed by atoms with van der Waals surface area (Å²) in [6, 6.07) is 0.387. The Hall–Kier alpha value is -0.0800. The zero-order chi connectivity index (χ0) is 5.56. The molecule has 3 atom stereocenters. The Morgan fingerprint density at radius 2 is 2.38 bits per heavy atom. The lowest BCUT2D eigenvalue weighted by Gasteiger charge is -2.06. The third-order valence-corrected chi connectivity index (χ3v) is 2.15. The van der Waals surface area contributed by atoms with Crippen LogP contribution in [0, 0.1) is 5.92 Å². The van der Waals surface area contributed by atoms with Crippen molar-refractivity contribution in [3.8, 4) is 0 Å². The van der Waals surface area contributed by atoms with Crippen molar-refractivity contribution in [3.05, 3.63) is 0 Å². The van der Waals surface area contributed by atoms with Gasteiger partial charge in [0.15, 0.2) is 0 Å². The highest BCUT2D eigenvalue weighted by atomic mass is 16.5. The van der Waals surface area contributed by atoms with E-state index < -0.39 is 0 Å². The van der Waals surface area contributed by atoms with E-state index in [2.05, 4.69) is 0 Å². The molecule has 0 aromatic rings. The maximum atomic E-state index is 5.65. The maximum absolute atomic E-state index is 5.65. The Labute approximate surface area is 49.0 Å². The first-order chi connectivity index (χ1) is 3.89. The lowest BCUT2D eigenvalue weighted by molar-refractivity contribution is 0.0783. The van der Waals surface area contributed by atoms with Gasteiger partial charge in [0, 0.05) is 18.6 Å². The van der Waals surface area contributed by atoms with E-state index in [1.807, 2.05) is 0 Å². The van der Waals surface area contributed by atoms with Gasteiger partial charge in [0.25, 0.3) is 0 Å². The number of nitrogens with two attached hydrogens (primary N) is 1. The van der Waals surface area contributed by atoms with E-state index in [9.17, 15) is 0 Å². The molecule has 1 heterocycles. The molecular weight excluding hydrogens is 102 g/mol. The summed E-state index contributed by atoms with van der Waals surface area (Å²) < 4.78 is 5.34. The van der Waals surface area contributed by atoms with Gasteiger partial charge in [-0.1, -0.05) is 0 Å².